The van der Waals surface area contributed by atoms with Crippen LogP contribution in [0.25, 0.3) is 0 Å². The maximum Gasteiger partial charge on any atom is 0.324 e. The van der Waals surface area contributed by atoms with Gasteiger partial charge < -0.3 is 10.5 Å². The van der Waals surface area contributed by atoms with Crippen molar-refractivity contribution in [2.45, 2.75) is 24.1 Å². The Balaban J connectivity index is 3.03. The van der Waals surface area contributed by atoms with Gasteiger partial charge >= 0.3 is 5.97 Å². The zero-order valence-corrected chi connectivity index (χ0v) is 13.7. The first-order valence-electron chi connectivity index (χ1n) is 5.69. The Labute approximate surface area is 127 Å². The van der Waals surface area contributed by atoms with E-state index in [1.165, 1.54) is 19.2 Å². The smallest absolute Gasteiger partial charge is 0.324 e. The highest BCUT2D eigenvalue weighted by atomic mass is 32.2. The number of carbonyl (C=O) groups is 1. The molecule has 0 spiro atoms. The zero-order chi connectivity index (χ0) is 15.5. The van der Waals surface area contributed by atoms with Crippen LogP contribution in [0.3, 0.4) is 0 Å². The van der Waals surface area contributed by atoms with Crippen molar-refractivity contribution in [3.05, 3.63) is 17.0 Å². The van der Waals surface area contributed by atoms with Crippen LogP contribution < -0.4 is 10.5 Å². The quantitative estimate of drug-likeness (QED) is 0.590. The first-order chi connectivity index (χ1) is 9.19. The number of hydrogen-bond donors (Lipinski definition) is 2. The molecule has 1 aromatic rings. The van der Waals surface area contributed by atoms with Crippen molar-refractivity contribution in [2.75, 3.05) is 7.11 Å². The third kappa shape index (κ3) is 3.98. The minimum Gasteiger partial charge on any atom is -0.468 e. The van der Waals surface area contributed by atoms with Gasteiger partial charge in [-0.1, -0.05) is 26.1 Å². The summed E-state index contributed by atoms with van der Waals surface area (Å²) in [4.78, 5) is 12.2. The monoisotopic (exact) mass is 336 g/mol. The largest absolute Gasteiger partial charge is 0.468 e. The molecule has 0 bridgehead atoms. The van der Waals surface area contributed by atoms with Crippen LogP contribution in [0, 0.1) is 5.92 Å². The van der Waals surface area contributed by atoms with Gasteiger partial charge in [-0.2, -0.15) is 4.72 Å². The van der Waals surface area contributed by atoms with Crippen molar-refractivity contribution in [1.29, 1.82) is 0 Å². The Bertz CT molecular complexity index is 607. The number of thiocarbonyl (C=S) groups is 1. The number of nitrogens with two attached hydrogens (primary N) is 1. The molecule has 1 unspecified atom stereocenters. The van der Waals surface area contributed by atoms with Crippen LogP contribution in [-0.4, -0.2) is 32.5 Å². The second-order valence-corrected chi connectivity index (χ2v) is 7.81. The summed E-state index contributed by atoms with van der Waals surface area (Å²) in [6.07, 6.45) is 0. The lowest BCUT2D eigenvalue weighted by atomic mass is 10.1. The number of methoxy groups -OCH3 is 1. The van der Waals surface area contributed by atoms with Crippen molar-refractivity contribution in [1.82, 2.24) is 4.72 Å². The standard InChI is InChI=1S/C11H16N2O4S3/c1-6(2)9(11(14)17-3)13-20(15,16)8-5-4-7(19-8)10(12)18/h4-6,9,13H,1-3H3,(H2,12,18). The average molecular weight is 336 g/mol. The number of nitrogens with one attached hydrogen (secondary N) is 1. The number of thiophene rings is 1. The lowest BCUT2D eigenvalue weighted by Crippen LogP contribution is -2.44. The van der Waals surface area contributed by atoms with E-state index in [9.17, 15) is 13.2 Å². The summed E-state index contributed by atoms with van der Waals surface area (Å²) >= 11 is 5.74. The minimum atomic E-state index is -3.82. The Kier molecular flexibility index (Phi) is 5.63. The van der Waals surface area contributed by atoms with E-state index in [4.69, 9.17) is 18.0 Å². The highest BCUT2D eigenvalue weighted by Crippen LogP contribution is 2.22. The summed E-state index contributed by atoms with van der Waals surface area (Å²) < 4.78 is 31.4. The van der Waals surface area contributed by atoms with Crippen LogP contribution in [0.5, 0.6) is 0 Å². The lowest BCUT2D eigenvalue weighted by Gasteiger charge is -2.19. The van der Waals surface area contributed by atoms with E-state index in [0.717, 1.165) is 11.3 Å². The first kappa shape index (κ1) is 17.0. The predicted molar refractivity (Wildman–Crippen MR) is 81.2 cm³/mol. The summed E-state index contributed by atoms with van der Waals surface area (Å²) in [6, 6.07) is 1.99. The van der Waals surface area contributed by atoms with Gasteiger partial charge in [0.1, 0.15) is 15.2 Å². The van der Waals surface area contributed by atoms with Crippen LogP contribution in [0.2, 0.25) is 0 Å². The molecule has 0 aliphatic heterocycles. The summed E-state index contributed by atoms with van der Waals surface area (Å²) in [5.41, 5.74) is 5.44. The first-order valence-corrected chi connectivity index (χ1v) is 8.39. The van der Waals surface area contributed by atoms with E-state index in [1.54, 1.807) is 13.8 Å². The topological polar surface area (TPSA) is 98.5 Å². The number of rotatable bonds is 6. The van der Waals surface area contributed by atoms with E-state index >= 15 is 0 Å². The van der Waals surface area contributed by atoms with Crippen molar-refractivity contribution in [3.63, 3.8) is 0 Å². The molecule has 0 amide bonds. The van der Waals surface area contributed by atoms with Crippen LogP contribution >= 0.6 is 23.6 Å². The highest BCUT2D eigenvalue weighted by molar-refractivity contribution is 7.91. The van der Waals surface area contributed by atoms with E-state index in [2.05, 4.69) is 9.46 Å². The number of carbonyl (C=O) groups excluding carboxylic acids is 1. The molecule has 1 aromatic heterocycles. The van der Waals surface area contributed by atoms with Crippen molar-refractivity contribution >= 4 is 44.5 Å². The van der Waals surface area contributed by atoms with E-state index < -0.39 is 22.0 Å². The third-order valence-electron chi connectivity index (χ3n) is 2.49. The summed E-state index contributed by atoms with van der Waals surface area (Å²) in [5.74, 6) is -0.873. The molecule has 20 heavy (non-hydrogen) atoms. The van der Waals surface area contributed by atoms with E-state index in [-0.39, 0.29) is 15.1 Å². The molecular formula is C11H16N2O4S3. The van der Waals surface area contributed by atoms with Crippen LogP contribution in [0.15, 0.2) is 16.3 Å². The number of hydrogen-bond acceptors (Lipinski definition) is 6. The molecule has 0 aromatic carbocycles. The fourth-order valence-electron chi connectivity index (χ4n) is 1.41. The lowest BCUT2D eigenvalue weighted by molar-refractivity contribution is -0.143. The fraction of sp³-hybridized carbons (Fsp3) is 0.455. The van der Waals surface area contributed by atoms with Gasteiger partial charge in [-0.05, 0) is 18.1 Å². The second-order valence-electron chi connectivity index (χ2n) is 4.35. The van der Waals surface area contributed by atoms with Gasteiger partial charge in [0.15, 0.2) is 0 Å². The zero-order valence-electron chi connectivity index (χ0n) is 11.2. The number of esters is 1. The molecule has 1 heterocycles. The molecular weight excluding hydrogens is 320 g/mol. The summed E-state index contributed by atoms with van der Waals surface area (Å²) in [5, 5.41) is 0. The van der Waals surface area contributed by atoms with E-state index in [0.29, 0.717) is 4.88 Å². The molecule has 0 radical (unpaired) electrons. The Morgan fingerprint density at radius 2 is 2.05 bits per heavy atom. The van der Waals surface area contributed by atoms with Crippen molar-refractivity contribution in [3.8, 4) is 0 Å². The molecule has 1 atom stereocenters. The van der Waals surface area contributed by atoms with Gasteiger partial charge in [-0.15, -0.1) is 11.3 Å². The van der Waals surface area contributed by atoms with Gasteiger partial charge in [0.05, 0.1) is 12.0 Å². The highest BCUT2D eigenvalue weighted by Gasteiger charge is 2.29. The molecule has 0 fully saturated rings. The van der Waals surface area contributed by atoms with Gasteiger partial charge in [0.2, 0.25) is 0 Å². The predicted octanol–water partition coefficient (Wildman–Crippen LogP) is 0.858. The van der Waals surface area contributed by atoms with Gasteiger partial charge in [0.25, 0.3) is 10.0 Å². The van der Waals surface area contributed by atoms with Gasteiger partial charge in [-0.25, -0.2) is 8.42 Å². The van der Waals surface area contributed by atoms with Gasteiger partial charge in [-0.3, -0.25) is 4.79 Å². The van der Waals surface area contributed by atoms with Crippen LogP contribution in [0.1, 0.15) is 18.7 Å². The molecule has 6 nitrogen and oxygen atoms in total. The molecule has 0 aliphatic carbocycles. The Morgan fingerprint density at radius 1 is 1.45 bits per heavy atom. The Morgan fingerprint density at radius 3 is 2.45 bits per heavy atom. The number of ether oxygens (including phenoxy) is 1. The van der Waals surface area contributed by atoms with Gasteiger partial charge in [0, 0.05) is 0 Å². The molecule has 3 N–H and O–H groups in total. The molecule has 0 saturated carbocycles. The van der Waals surface area contributed by atoms with Crippen LogP contribution in [0.4, 0.5) is 0 Å². The molecule has 0 saturated heterocycles. The van der Waals surface area contributed by atoms with E-state index in [1.807, 2.05) is 0 Å². The SMILES string of the molecule is COC(=O)C(NS(=O)(=O)c1ccc(C(N)=S)s1)C(C)C. The third-order valence-corrected chi connectivity index (χ3v) is 5.89. The summed E-state index contributed by atoms with van der Waals surface area (Å²) in [7, 11) is -2.61. The maximum absolute atomic E-state index is 12.2. The molecule has 9 heteroatoms. The normalized spacial score (nSPS) is 13.2. The molecule has 1 rings (SSSR count). The molecule has 112 valence electrons. The second kappa shape index (κ2) is 6.61. The van der Waals surface area contributed by atoms with Crippen LogP contribution in [-0.2, 0) is 19.6 Å². The Hall–Kier alpha value is -1.03. The minimum absolute atomic E-state index is 0.0508. The fourth-order valence-corrected chi connectivity index (χ4v) is 4.11. The molecule has 0 aliphatic rings. The van der Waals surface area contributed by atoms with Crippen molar-refractivity contribution in [2.24, 2.45) is 11.7 Å². The summed E-state index contributed by atoms with van der Waals surface area (Å²) in [6.45, 7) is 3.44. The van der Waals surface area contributed by atoms with Crippen molar-refractivity contribution < 1.29 is 17.9 Å². The average Bonchev–Trinajstić information content (AvgIpc) is 2.85. The maximum atomic E-state index is 12.2. The number of sulfonamides is 1.